The Bertz CT molecular complexity index is 1190. The summed E-state index contributed by atoms with van der Waals surface area (Å²) in [5, 5.41) is 42.1. The number of hydrogen-bond donors (Lipinski definition) is 1. The van der Waals surface area contributed by atoms with Crippen LogP contribution < -0.4 is 15.0 Å². The smallest absolute Gasteiger partial charge is 0.304 e. The molecule has 13 nitrogen and oxygen atoms in total. The molecule has 1 N–H and O–H groups in total. The molecule has 0 bridgehead atoms. The van der Waals surface area contributed by atoms with Crippen LogP contribution in [0.3, 0.4) is 0 Å². The van der Waals surface area contributed by atoms with Crippen LogP contribution in [-0.4, -0.2) is 36.0 Å². The van der Waals surface area contributed by atoms with Gasteiger partial charge in [-0.1, -0.05) is 0 Å². The number of carbonyl (C=O) groups excluding carboxylic acids is 1. The molecule has 0 saturated carbocycles. The molecule has 0 saturated heterocycles. The van der Waals surface area contributed by atoms with E-state index in [0.29, 0.717) is 24.5 Å². The SMILES string of the molecule is CCN(CCC#N)c1cc(NC(C)=O)c(N=Nc2c(Br)cc([N+](=O)[O-])cc2[N+](=O)[O-])cc1OC. The van der Waals surface area contributed by atoms with E-state index in [4.69, 9.17) is 10.00 Å². The molecule has 0 heterocycles. The third-order valence-corrected chi connectivity index (χ3v) is 5.12. The molecule has 2 rings (SSSR count). The molecular formula is C20H20BrN7O6. The van der Waals surface area contributed by atoms with Crippen molar-refractivity contribution in [2.24, 2.45) is 10.2 Å². The van der Waals surface area contributed by atoms with Crippen molar-refractivity contribution < 1.29 is 19.4 Å². The molecule has 0 aliphatic rings. The van der Waals surface area contributed by atoms with Crippen LogP contribution in [0, 0.1) is 31.6 Å². The first-order valence-electron chi connectivity index (χ1n) is 9.78. The van der Waals surface area contributed by atoms with Crippen LogP contribution in [0.15, 0.2) is 39.0 Å². The molecule has 2 aromatic carbocycles. The quantitative estimate of drug-likeness (QED) is 0.240. The predicted molar refractivity (Wildman–Crippen MR) is 127 cm³/mol. The molecule has 0 aliphatic heterocycles. The van der Waals surface area contributed by atoms with Gasteiger partial charge in [0.15, 0.2) is 5.69 Å². The Morgan fingerprint density at radius 3 is 2.47 bits per heavy atom. The number of non-ortho nitro benzene ring substituents is 1. The lowest BCUT2D eigenvalue weighted by molar-refractivity contribution is -0.393. The van der Waals surface area contributed by atoms with Crippen molar-refractivity contribution in [2.75, 3.05) is 30.4 Å². The zero-order chi connectivity index (χ0) is 25.4. The molecule has 0 radical (unpaired) electrons. The van der Waals surface area contributed by atoms with Crippen molar-refractivity contribution in [2.45, 2.75) is 20.3 Å². The van der Waals surface area contributed by atoms with E-state index in [1.54, 1.807) is 6.07 Å². The van der Waals surface area contributed by atoms with E-state index in [9.17, 15) is 25.0 Å². The standard InChI is InChI=1S/C20H20BrN7O6/c1-4-26(7-5-6-22)17-10-15(23-12(2)29)16(11-19(17)34-3)24-25-20-14(21)8-13(27(30)31)9-18(20)28(32)33/h8-11H,4-5,7H2,1-3H3,(H,23,29). The second-order valence-electron chi connectivity index (χ2n) is 6.72. The van der Waals surface area contributed by atoms with Crippen LogP contribution in [-0.2, 0) is 4.79 Å². The molecule has 0 unspecified atom stereocenters. The maximum absolute atomic E-state index is 11.8. The molecule has 34 heavy (non-hydrogen) atoms. The minimum atomic E-state index is -0.807. The molecular weight excluding hydrogens is 514 g/mol. The first kappa shape index (κ1) is 26.1. The fourth-order valence-electron chi connectivity index (χ4n) is 2.99. The van der Waals surface area contributed by atoms with Crippen LogP contribution in [0.25, 0.3) is 0 Å². The van der Waals surface area contributed by atoms with Gasteiger partial charge in [-0.15, -0.1) is 10.2 Å². The average Bonchev–Trinajstić information content (AvgIpc) is 2.78. The molecule has 14 heteroatoms. The molecule has 0 aliphatic carbocycles. The first-order chi connectivity index (χ1) is 16.1. The highest BCUT2D eigenvalue weighted by molar-refractivity contribution is 9.10. The van der Waals surface area contributed by atoms with Crippen LogP contribution in [0.1, 0.15) is 20.3 Å². The monoisotopic (exact) mass is 533 g/mol. The minimum Gasteiger partial charge on any atom is -0.494 e. The van der Waals surface area contributed by atoms with E-state index in [1.807, 2.05) is 11.8 Å². The Hall–Kier alpha value is -4.12. The van der Waals surface area contributed by atoms with Crippen LogP contribution in [0.2, 0.25) is 0 Å². The Morgan fingerprint density at radius 2 is 1.94 bits per heavy atom. The van der Waals surface area contributed by atoms with Gasteiger partial charge in [0.25, 0.3) is 5.69 Å². The van der Waals surface area contributed by atoms with Gasteiger partial charge >= 0.3 is 5.69 Å². The van der Waals surface area contributed by atoms with Crippen LogP contribution in [0.5, 0.6) is 5.75 Å². The zero-order valence-corrected chi connectivity index (χ0v) is 20.0. The molecule has 0 fully saturated rings. The fourth-order valence-corrected chi connectivity index (χ4v) is 3.51. The van der Waals surface area contributed by atoms with E-state index < -0.39 is 27.1 Å². The topological polar surface area (TPSA) is 176 Å². The second kappa shape index (κ2) is 11.7. The average molecular weight is 534 g/mol. The predicted octanol–water partition coefficient (Wildman–Crippen LogP) is 5.39. The van der Waals surface area contributed by atoms with Crippen molar-refractivity contribution in [1.29, 1.82) is 5.26 Å². The number of halogens is 1. The number of nitrogens with one attached hydrogen (secondary N) is 1. The lowest BCUT2D eigenvalue weighted by Gasteiger charge is -2.25. The summed E-state index contributed by atoms with van der Waals surface area (Å²) in [5.74, 6) is -0.0183. The van der Waals surface area contributed by atoms with Gasteiger partial charge in [-0.05, 0) is 28.9 Å². The number of hydrogen-bond acceptors (Lipinski definition) is 10. The molecule has 0 atom stereocenters. The van der Waals surface area contributed by atoms with E-state index in [-0.39, 0.29) is 28.0 Å². The summed E-state index contributed by atoms with van der Waals surface area (Å²) in [6.45, 7) is 4.18. The van der Waals surface area contributed by atoms with Gasteiger partial charge in [-0.3, -0.25) is 25.0 Å². The van der Waals surface area contributed by atoms with E-state index in [2.05, 4.69) is 37.5 Å². The summed E-state index contributed by atoms with van der Waals surface area (Å²) in [6, 6.07) is 7.04. The number of ether oxygens (including phenoxy) is 1. The molecule has 1 amide bonds. The number of nitrogens with zero attached hydrogens (tertiary/aromatic N) is 6. The highest BCUT2D eigenvalue weighted by Crippen LogP contribution is 2.42. The number of anilines is 2. The van der Waals surface area contributed by atoms with Gasteiger partial charge in [0.1, 0.15) is 11.4 Å². The normalized spacial score (nSPS) is 10.6. The fraction of sp³-hybridized carbons (Fsp3) is 0.300. The number of azo groups is 1. The number of nitro benzene ring substituents is 2. The second-order valence-corrected chi connectivity index (χ2v) is 7.57. The van der Waals surface area contributed by atoms with E-state index >= 15 is 0 Å². The van der Waals surface area contributed by atoms with Gasteiger partial charge in [0.05, 0.1) is 51.4 Å². The number of nitriles is 1. The number of carbonyl (C=O) groups is 1. The Morgan fingerprint density at radius 1 is 1.24 bits per heavy atom. The maximum atomic E-state index is 11.8. The summed E-state index contributed by atoms with van der Waals surface area (Å²) in [4.78, 5) is 34.6. The van der Waals surface area contributed by atoms with Crippen molar-refractivity contribution >= 4 is 56.0 Å². The third kappa shape index (κ3) is 6.23. The van der Waals surface area contributed by atoms with E-state index in [1.165, 1.54) is 20.1 Å². The Kier molecular flexibility index (Phi) is 8.96. The van der Waals surface area contributed by atoms with Crippen molar-refractivity contribution in [3.8, 4) is 11.8 Å². The first-order valence-corrected chi connectivity index (χ1v) is 10.6. The number of methoxy groups -OCH3 is 1. The summed E-state index contributed by atoms with van der Waals surface area (Å²) in [5.41, 5.74) is -0.362. The van der Waals surface area contributed by atoms with Crippen LogP contribution >= 0.6 is 15.9 Å². The maximum Gasteiger partial charge on any atom is 0.304 e. The highest BCUT2D eigenvalue weighted by Gasteiger charge is 2.24. The zero-order valence-electron chi connectivity index (χ0n) is 18.4. The van der Waals surface area contributed by atoms with Crippen LogP contribution in [0.4, 0.5) is 34.1 Å². The summed E-state index contributed by atoms with van der Waals surface area (Å²) in [6.07, 6.45) is 0.270. The van der Waals surface area contributed by atoms with Gasteiger partial charge in [-0.2, -0.15) is 5.26 Å². The lowest BCUT2D eigenvalue weighted by atomic mass is 10.2. The third-order valence-electron chi connectivity index (χ3n) is 4.52. The number of nitro groups is 2. The number of benzene rings is 2. The largest absolute Gasteiger partial charge is 0.494 e. The molecule has 2 aromatic rings. The summed E-state index contributed by atoms with van der Waals surface area (Å²) < 4.78 is 5.45. The Balaban J connectivity index is 2.65. The van der Waals surface area contributed by atoms with Gasteiger partial charge in [0, 0.05) is 32.1 Å². The summed E-state index contributed by atoms with van der Waals surface area (Å²) in [7, 11) is 1.44. The molecule has 0 spiro atoms. The molecule has 178 valence electrons. The van der Waals surface area contributed by atoms with Crippen molar-refractivity contribution in [3.05, 3.63) is 49.0 Å². The minimum absolute atomic E-state index is 0.00419. The lowest BCUT2D eigenvalue weighted by Crippen LogP contribution is -2.24. The van der Waals surface area contributed by atoms with Crippen molar-refractivity contribution in [3.63, 3.8) is 0 Å². The van der Waals surface area contributed by atoms with Gasteiger partial charge in [-0.25, -0.2) is 0 Å². The number of amides is 1. The van der Waals surface area contributed by atoms with Crippen molar-refractivity contribution in [1.82, 2.24) is 0 Å². The Labute approximate surface area is 202 Å². The number of rotatable bonds is 10. The highest BCUT2D eigenvalue weighted by atomic mass is 79.9. The van der Waals surface area contributed by atoms with Gasteiger partial charge < -0.3 is 15.0 Å². The van der Waals surface area contributed by atoms with Gasteiger partial charge in [0.2, 0.25) is 5.91 Å². The molecule has 0 aromatic heterocycles. The van der Waals surface area contributed by atoms with E-state index in [0.717, 1.165) is 12.1 Å². The summed E-state index contributed by atoms with van der Waals surface area (Å²) >= 11 is 3.07.